The van der Waals surface area contributed by atoms with Gasteiger partial charge in [-0.15, -0.1) is 0 Å². The van der Waals surface area contributed by atoms with Crippen molar-refractivity contribution in [3.05, 3.63) is 34.2 Å². The second-order valence-electron chi connectivity index (χ2n) is 5.95. The molecule has 1 aromatic rings. The van der Waals surface area contributed by atoms with E-state index in [4.69, 9.17) is 5.11 Å². The van der Waals surface area contributed by atoms with E-state index in [1.165, 1.54) is 6.20 Å². The Bertz CT molecular complexity index is 610. The molecule has 0 aliphatic carbocycles. The number of fused-ring (bicyclic) bond motifs is 2. The third-order valence-electron chi connectivity index (χ3n) is 4.58. The zero-order chi connectivity index (χ0) is 15.0. The second-order valence-corrected chi connectivity index (χ2v) is 5.95. The lowest BCUT2D eigenvalue weighted by Crippen LogP contribution is -2.48. The fourth-order valence-electron chi connectivity index (χ4n) is 3.76. The molecule has 0 spiro atoms. The molecule has 0 aromatic carbocycles. The van der Waals surface area contributed by atoms with E-state index in [1.807, 2.05) is 4.90 Å². The quantitative estimate of drug-likeness (QED) is 0.876. The number of carbonyl (C=O) groups is 2. The summed E-state index contributed by atoms with van der Waals surface area (Å²) in [6, 6.07) is 3.33. The number of H-pyrrole nitrogens is 1. The molecule has 2 N–H and O–H groups in total. The lowest BCUT2D eigenvalue weighted by Gasteiger charge is -2.38. The number of rotatable bonds is 3. The maximum atomic E-state index is 12.6. The smallest absolute Gasteiger partial charge is 0.303 e. The van der Waals surface area contributed by atoms with E-state index in [1.54, 1.807) is 12.1 Å². The van der Waals surface area contributed by atoms with E-state index < -0.39 is 5.97 Å². The van der Waals surface area contributed by atoms with Crippen LogP contribution in [0.1, 0.15) is 42.5 Å². The zero-order valence-corrected chi connectivity index (χ0v) is 11.6. The van der Waals surface area contributed by atoms with Crippen LogP contribution in [0.4, 0.5) is 0 Å². The Kier molecular flexibility index (Phi) is 3.53. The average Bonchev–Trinajstić information content (AvgIpc) is 2.69. The van der Waals surface area contributed by atoms with Gasteiger partial charge in [0, 0.05) is 24.7 Å². The summed E-state index contributed by atoms with van der Waals surface area (Å²) in [6.45, 7) is 0. The minimum absolute atomic E-state index is 0.0696. The van der Waals surface area contributed by atoms with Crippen molar-refractivity contribution in [1.82, 2.24) is 9.88 Å². The summed E-state index contributed by atoms with van der Waals surface area (Å²) in [5.74, 6) is -0.866. The van der Waals surface area contributed by atoms with Crippen molar-refractivity contribution in [3.8, 4) is 0 Å². The zero-order valence-electron chi connectivity index (χ0n) is 11.6. The highest BCUT2D eigenvalue weighted by Crippen LogP contribution is 2.40. The van der Waals surface area contributed by atoms with Gasteiger partial charge in [0.15, 0.2) is 0 Å². The van der Waals surface area contributed by atoms with Gasteiger partial charge >= 0.3 is 5.97 Å². The van der Waals surface area contributed by atoms with Gasteiger partial charge in [0.25, 0.3) is 11.5 Å². The molecule has 0 saturated carbocycles. The van der Waals surface area contributed by atoms with Crippen molar-refractivity contribution in [2.75, 3.05) is 0 Å². The molecule has 6 nitrogen and oxygen atoms in total. The Morgan fingerprint density at radius 2 is 1.95 bits per heavy atom. The minimum atomic E-state index is -0.779. The molecule has 2 atom stereocenters. The molecule has 2 aliphatic heterocycles. The number of amides is 1. The predicted molar refractivity (Wildman–Crippen MR) is 75.0 cm³/mol. The van der Waals surface area contributed by atoms with Crippen molar-refractivity contribution in [3.63, 3.8) is 0 Å². The van der Waals surface area contributed by atoms with Crippen LogP contribution in [0.15, 0.2) is 23.1 Å². The molecule has 3 heterocycles. The number of aromatic amines is 1. The number of carbonyl (C=O) groups excluding carboxylic acids is 1. The van der Waals surface area contributed by atoms with Crippen LogP contribution in [0.25, 0.3) is 0 Å². The first-order chi connectivity index (χ1) is 10.1. The van der Waals surface area contributed by atoms with Gasteiger partial charge in [-0.05, 0) is 43.7 Å². The predicted octanol–water partition coefficient (Wildman–Crippen LogP) is 1.23. The topological polar surface area (TPSA) is 90.5 Å². The number of hydrogen-bond donors (Lipinski definition) is 2. The van der Waals surface area contributed by atoms with Gasteiger partial charge in [0.2, 0.25) is 0 Å². The fourth-order valence-corrected chi connectivity index (χ4v) is 3.76. The third-order valence-corrected chi connectivity index (χ3v) is 4.58. The summed E-state index contributed by atoms with van der Waals surface area (Å²) in [5, 5.41) is 8.92. The van der Waals surface area contributed by atoms with Crippen LogP contribution in [0.2, 0.25) is 0 Å². The van der Waals surface area contributed by atoms with Crippen molar-refractivity contribution in [1.29, 1.82) is 0 Å². The summed E-state index contributed by atoms with van der Waals surface area (Å²) in [6.07, 6.45) is 4.92. The number of carboxylic acid groups (broad SMARTS) is 1. The lowest BCUT2D eigenvalue weighted by atomic mass is 9.88. The van der Waals surface area contributed by atoms with E-state index >= 15 is 0 Å². The molecule has 112 valence electrons. The lowest BCUT2D eigenvalue weighted by molar-refractivity contribution is -0.138. The standard InChI is InChI=1S/C15H18N2O4/c18-13(19)8-9-6-10-3-4-11(7-9)17(10)15(21)12-2-1-5-16-14(12)20/h1-2,5,9-11H,3-4,6-8H2,(H,16,20)(H,18,19). The highest BCUT2D eigenvalue weighted by molar-refractivity contribution is 5.94. The number of carboxylic acids is 1. The number of nitrogens with one attached hydrogen (secondary N) is 1. The van der Waals surface area contributed by atoms with Crippen LogP contribution in [0, 0.1) is 5.92 Å². The normalized spacial score (nSPS) is 27.6. The fraction of sp³-hybridized carbons (Fsp3) is 0.533. The van der Waals surface area contributed by atoms with Crippen LogP contribution in [0.3, 0.4) is 0 Å². The molecular formula is C15H18N2O4. The Hall–Kier alpha value is -2.11. The molecule has 1 amide bonds. The van der Waals surface area contributed by atoms with E-state index in [0.29, 0.717) is 0 Å². The maximum Gasteiger partial charge on any atom is 0.303 e. The molecule has 0 radical (unpaired) electrons. The molecular weight excluding hydrogens is 272 g/mol. The van der Waals surface area contributed by atoms with Gasteiger partial charge in [-0.3, -0.25) is 14.4 Å². The van der Waals surface area contributed by atoms with Crippen LogP contribution < -0.4 is 5.56 Å². The molecule has 3 rings (SSSR count). The molecule has 21 heavy (non-hydrogen) atoms. The molecule has 2 unspecified atom stereocenters. The summed E-state index contributed by atoms with van der Waals surface area (Å²) < 4.78 is 0. The van der Waals surface area contributed by atoms with E-state index in [0.717, 1.165) is 25.7 Å². The molecule has 2 fully saturated rings. The van der Waals surface area contributed by atoms with E-state index in [2.05, 4.69) is 4.98 Å². The molecule has 2 saturated heterocycles. The minimum Gasteiger partial charge on any atom is -0.481 e. The van der Waals surface area contributed by atoms with Gasteiger partial charge in [0.1, 0.15) is 5.56 Å². The van der Waals surface area contributed by atoms with Crippen LogP contribution in [0.5, 0.6) is 0 Å². The van der Waals surface area contributed by atoms with Gasteiger partial charge in [0.05, 0.1) is 0 Å². The summed E-state index contributed by atoms with van der Waals surface area (Å²) in [7, 11) is 0. The second kappa shape index (κ2) is 5.35. The van der Waals surface area contributed by atoms with Gasteiger partial charge in [-0.1, -0.05) is 0 Å². The number of piperidine rings is 1. The monoisotopic (exact) mass is 290 g/mol. The molecule has 2 aliphatic rings. The highest BCUT2D eigenvalue weighted by Gasteiger charge is 2.44. The van der Waals surface area contributed by atoms with E-state index in [9.17, 15) is 14.4 Å². The highest BCUT2D eigenvalue weighted by atomic mass is 16.4. The number of pyridine rings is 1. The Morgan fingerprint density at radius 3 is 2.52 bits per heavy atom. The number of aliphatic carboxylic acids is 1. The third kappa shape index (κ3) is 2.57. The van der Waals surface area contributed by atoms with Gasteiger partial charge in [-0.25, -0.2) is 0 Å². The average molecular weight is 290 g/mol. The van der Waals surface area contributed by atoms with Crippen molar-refractivity contribution >= 4 is 11.9 Å². The van der Waals surface area contributed by atoms with Gasteiger partial charge < -0.3 is 15.0 Å². The Morgan fingerprint density at radius 1 is 1.29 bits per heavy atom. The van der Waals surface area contributed by atoms with Crippen LogP contribution in [-0.4, -0.2) is 39.0 Å². The first kappa shape index (κ1) is 13.9. The number of nitrogens with zero attached hydrogens (tertiary/aromatic N) is 1. The molecule has 6 heteroatoms. The van der Waals surface area contributed by atoms with Crippen molar-refractivity contribution < 1.29 is 14.7 Å². The van der Waals surface area contributed by atoms with Crippen molar-refractivity contribution in [2.24, 2.45) is 5.92 Å². The number of hydrogen-bond acceptors (Lipinski definition) is 3. The summed E-state index contributed by atoms with van der Waals surface area (Å²) in [5.41, 5.74) is -0.194. The van der Waals surface area contributed by atoms with Crippen LogP contribution in [-0.2, 0) is 4.79 Å². The molecule has 1 aromatic heterocycles. The van der Waals surface area contributed by atoms with Crippen LogP contribution >= 0.6 is 0 Å². The largest absolute Gasteiger partial charge is 0.481 e. The molecule has 2 bridgehead atoms. The first-order valence-electron chi connectivity index (χ1n) is 7.28. The Labute approximate surface area is 121 Å². The SMILES string of the molecule is O=C(O)CC1CC2CCC(C1)N2C(=O)c1ccc[nH]c1=O. The maximum absolute atomic E-state index is 12.6. The van der Waals surface area contributed by atoms with Crippen molar-refractivity contribution in [2.45, 2.75) is 44.2 Å². The summed E-state index contributed by atoms with van der Waals surface area (Å²) >= 11 is 0. The Balaban J connectivity index is 1.79. The number of aromatic nitrogens is 1. The summed E-state index contributed by atoms with van der Waals surface area (Å²) in [4.78, 5) is 39.6. The van der Waals surface area contributed by atoms with E-state index in [-0.39, 0.29) is 41.5 Å². The first-order valence-corrected chi connectivity index (χ1v) is 7.28. The van der Waals surface area contributed by atoms with Gasteiger partial charge in [-0.2, -0.15) is 0 Å².